The van der Waals surface area contributed by atoms with E-state index in [1.54, 1.807) is 6.20 Å². The molecule has 0 N–H and O–H groups in total. The van der Waals surface area contributed by atoms with E-state index in [1.807, 2.05) is 19.1 Å². The monoisotopic (exact) mass is 146 g/mol. The van der Waals surface area contributed by atoms with Gasteiger partial charge in [0.1, 0.15) is 0 Å². The number of aromatic nitrogens is 1. The minimum absolute atomic E-state index is 0.540. The van der Waals surface area contributed by atoms with Crippen LogP contribution in [0.25, 0.3) is 4.85 Å². The number of hydrogen-bond donors (Lipinski definition) is 0. The van der Waals surface area contributed by atoms with E-state index >= 15 is 0 Å². The first-order valence-electron chi connectivity index (χ1n) is 3.58. The van der Waals surface area contributed by atoms with E-state index in [-0.39, 0.29) is 0 Å². The van der Waals surface area contributed by atoms with Crippen molar-refractivity contribution in [1.29, 1.82) is 0 Å². The fraction of sp³-hybridized carbons (Fsp3) is 0.333. The molecule has 0 aliphatic rings. The maximum absolute atomic E-state index is 6.62. The van der Waals surface area contributed by atoms with Crippen LogP contribution in [-0.2, 0) is 6.42 Å². The first kappa shape index (κ1) is 7.74. The fourth-order valence-electron chi connectivity index (χ4n) is 0.942. The molecule has 0 radical (unpaired) electrons. The van der Waals surface area contributed by atoms with Gasteiger partial charge in [0, 0.05) is 6.20 Å². The second-order valence-electron chi connectivity index (χ2n) is 2.40. The summed E-state index contributed by atoms with van der Waals surface area (Å²) in [5.41, 5.74) is 2.22. The third kappa shape index (κ3) is 2.05. The Labute approximate surface area is 66.7 Å². The van der Waals surface area contributed by atoms with Crippen molar-refractivity contribution in [3.8, 4) is 0 Å². The highest BCUT2D eigenvalue weighted by Crippen LogP contribution is 2.03. The van der Waals surface area contributed by atoms with Crippen LogP contribution in [0.5, 0.6) is 0 Å². The van der Waals surface area contributed by atoms with E-state index < -0.39 is 0 Å². The summed E-state index contributed by atoms with van der Waals surface area (Å²) in [5, 5.41) is 0. The molecular formula is C9H10N2. The Morgan fingerprint density at radius 3 is 3.09 bits per heavy atom. The van der Waals surface area contributed by atoms with Crippen molar-refractivity contribution >= 4 is 0 Å². The van der Waals surface area contributed by atoms with Crippen molar-refractivity contribution in [2.75, 3.05) is 6.54 Å². The summed E-state index contributed by atoms with van der Waals surface area (Å²) in [4.78, 5) is 7.45. The first-order chi connectivity index (χ1) is 5.34. The first-order valence-corrected chi connectivity index (χ1v) is 3.58. The van der Waals surface area contributed by atoms with Crippen LogP contribution < -0.4 is 0 Å². The summed E-state index contributed by atoms with van der Waals surface area (Å²) >= 11 is 0. The van der Waals surface area contributed by atoms with E-state index in [1.165, 1.54) is 5.56 Å². The maximum atomic E-state index is 6.62. The minimum Gasteiger partial charge on any atom is -0.317 e. The molecule has 2 heteroatoms. The Balaban J connectivity index is 2.71. The van der Waals surface area contributed by atoms with Gasteiger partial charge < -0.3 is 4.85 Å². The average Bonchev–Trinajstić information content (AvgIpc) is 2.03. The van der Waals surface area contributed by atoms with E-state index in [0.29, 0.717) is 6.54 Å². The zero-order valence-electron chi connectivity index (χ0n) is 6.54. The lowest BCUT2D eigenvalue weighted by atomic mass is 10.2. The van der Waals surface area contributed by atoms with Gasteiger partial charge in [-0.2, -0.15) is 0 Å². The molecular weight excluding hydrogens is 136 g/mol. The lowest BCUT2D eigenvalue weighted by Gasteiger charge is -1.97. The minimum atomic E-state index is 0.540. The predicted octanol–water partition coefficient (Wildman–Crippen LogP) is 1.85. The van der Waals surface area contributed by atoms with Crippen LogP contribution in [0.1, 0.15) is 11.3 Å². The van der Waals surface area contributed by atoms with Crippen LogP contribution in [0.15, 0.2) is 18.3 Å². The Morgan fingerprint density at radius 2 is 2.45 bits per heavy atom. The lowest BCUT2D eigenvalue weighted by Crippen LogP contribution is -1.94. The van der Waals surface area contributed by atoms with Gasteiger partial charge in [0.05, 0.1) is 12.1 Å². The summed E-state index contributed by atoms with van der Waals surface area (Å²) < 4.78 is 0. The van der Waals surface area contributed by atoms with E-state index in [4.69, 9.17) is 6.57 Å². The molecule has 2 nitrogen and oxygen atoms in total. The molecule has 56 valence electrons. The maximum Gasteiger partial charge on any atom is 0.220 e. The zero-order valence-corrected chi connectivity index (χ0v) is 6.54. The van der Waals surface area contributed by atoms with E-state index in [9.17, 15) is 0 Å². The Morgan fingerprint density at radius 1 is 1.64 bits per heavy atom. The summed E-state index contributed by atoms with van der Waals surface area (Å²) in [6.45, 7) is 9.18. The summed E-state index contributed by atoms with van der Waals surface area (Å²) in [6, 6.07) is 3.93. The molecule has 0 fully saturated rings. The SMILES string of the molecule is [C-]#[N+]CCc1ncccc1C. The van der Waals surface area contributed by atoms with Crippen LogP contribution >= 0.6 is 0 Å². The van der Waals surface area contributed by atoms with Crippen LogP contribution in [-0.4, -0.2) is 11.5 Å². The second-order valence-corrected chi connectivity index (χ2v) is 2.40. The lowest BCUT2D eigenvalue weighted by molar-refractivity contribution is 0.977. The Bertz CT molecular complexity index is 273. The highest BCUT2D eigenvalue weighted by Gasteiger charge is 1.98. The number of pyridine rings is 1. The van der Waals surface area contributed by atoms with Crippen molar-refractivity contribution in [2.24, 2.45) is 0 Å². The van der Waals surface area contributed by atoms with Crippen LogP contribution in [0.4, 0.5) is 0 Å². The summed E-state index contributed by atoms with van der Waals surface area (Å²) in [6.07, 6.45) is 2.54. The molecule has 1 rings (SSSR count). The number of aryl methyl sites for hydroxylation is 1. The molecule has 0 aromatic carbocycles. The molecule has 0 amide bonds. The highest BCUT2D eigenvalue weighted by atomic mass is 14.7. The van der Waals surface area contributed by atoms with Gasteiger partial charge in [0.25, 0.3) is 0 Å². The molecule has 0 spiro atoms. The van der Waals surface area contributed by atoms with Gasteiger partial charge in [-0.25, -0.2) is 6.57 Å². The highest BCUT2D eigenvalue weighted by molar-refractivity contribution is 5.18. The zero-order chi connectivity index (χ0) is 8.10. The van der Waals surface area contributed by atoms with Crippen molar-refractivity contribution < 1.29 is 0 Å². The Hall–Kier alpha value is -1.36. The smallest absolute Gasteiger partial charge is 0.220 e. The molecule has 0 atom stereocenters. The third-order valence-electron chi connectivity index (χ3n) is 1.58. The van der Waals surface area contributed by atoms with Crippen LogP contribution in [0.3, 0.4) is 0 Å². The van der Waals surface area contributed by atoms with Gasteiger partial charge in [-0.05, 0) is 18.6 Å². The summed E-state index contributed by atoms with van der Waals surface area (Å²) in [5.74, 6) is 0. The molecule has 0 saturated carbocycles. The molecule has 1 aromatic rings. The molecule has 0 aliphatic carbocycles. The molecule has 0 bridgehead atoms. The van der Waals surface area contributed by atoms with Crippen molar-refractivity contribution in [3.05, 3.63) is 41.0 Å². The largest absolute Gasteiger partial charge is 0.317 e. The standard InChI is InChI=1S/C9H10N2/c1-8-4-3-6-11-9(8)5-7-10-2/h3-4,6H,5,7H2,1H3. The van der Waals surface area contributed by atoms with Crippen molar-refractivity contribution in [2.45, 2.75) is 13.3 Å². The average molecular weight is 146 g/mol. The van der Waals surface area contributed by atoms with Crippen molar-refractivity contribution in [3.63, 3.8) is 0 Å². The normalized spacial score (nSPS) is 9.09. The quantitative estimate of drug-likeness (QED) is 0.582. The van der Waals surface area contributed by atoms with Gasteiger partial charge in [-0.1, -0.05) is 6.07 Å². The van der Waals surface area contributed by atoms with Gasteiger partial charge in [-0.15, -0.1) is 0 Å². The molecule has 1 aromatic heterocycles. The third-order valence-corrected chi connectivity index (χ3v) is 1.58. The van der Waals surface area contributed by atoms with Gasteiger partial charge in [0.2, 0.25) is 6.54 Å². The fourth-order valence-corrected chi connectivity index (χ4v) is 0.942. The molecule has 0 unspecified atom stereocenters. The number of hydrogen-bond acceptors (Lipinski definition) is 1. The Kier molecular flexibility index (Phi) is 2.62. The van der Waals surface area contributed by atoms with Crippen LogP contribution in [0, 0.1) is 13.5 Å². The molecule has 0 saturated heterocycles. The van der Waals surface area contributed by atoms with Crippen LogP contribution in [0.2, 0.25) is 0 Å². The van der Waals surface area contributed by atoms with Crippen molar-refractivity contribution in [1.82, 2.24) is 4.98 Å². The van der Waals surface area contributed by atoms with E-state index in [2.05, 4.69) is 9.83 Å². The van der Waals surface area contributed by atoms with Gasteiger partial charge in [-0.3, -0.25) is 4.98 Å². The molecule has 0 aliphatic heterocycles. The van der Waals surface area contributed by atoms with Gasteiger partial charge >= 0.3 is 0 Å². The predicted molar refractivity (Wildman–Crippen MR) is 44.1 cm³/mol. The molecule has 1 heterocycles. The summed E-state index contributed by atoms with van der Waals surface area (Å²) in [7, 11) is 0. The van der Waals surface area contributed by atoms with E-state index in [0.717, 1.165) is 12.1 Å². The number of nitrogens with zero attached hydrogens (tertiary/aromatic N) is 2. The topological polar surface area (TPSA) is 17.2 Å². The molecule has 11 heavy (non-hydrogen) atoms. The second kappa shape index (κ2) is 3.72. The number of rotatable bonds is 2. The van der Waals surface area contributed by atoms with Gasteiger partial charge in [0.15, 0.2) is 0 Å².